The second-order valence-electron chi connectivity index (χ2n) is 4.25. The van der Waals surface area contributed by atoms with Crippen LogP contribution in [0.25, 0.3) is 0 Å². The van der Waals surface area contributed by atoms with Crippen molar-refractivity contribution in [1.29, 1.82) is 0 Å². The molecule has 0 bridgehead atoms. The maximum atomic E-state index is 10.8. The van der Waals surface area contributed by atoms with Gasteiger partial charge in [0.1, 0.15) is 18.3 Å². The average Bonchev–Trinajstić information content (AvgIpc) is 2.30. The lowest BCUT2D eigenvalue weighted by Gasteiger charge is -2.43. The van der Waals surface area contributed by atoms with Crippen molar-refractivity contribution in [2.24, 2.45) is 0 Å². The lowest BCUT2D eigenvalue weighted by molar-refractivity contribution is -0.306. The van der Waals surface area contributed by atoms with Gasteiger partial charge in [0, 0.05) is 6.42 Å². The largest absolute Gasteiger partial charge is 0.477 e. The van der Waals surface area contributed by atoms with Gasteiger partial charge in [-0.2, -0.15) is 0 Å². The van der Waals surface area contributed by atoms with E-state index in [4.69, 9.17) is 20.0 Å². The summed E-state index contributed by atoms with van der Waals surface area (Å²) >= 11 is 0. The highest BCUT2D eigenvalue weighted by Crippen LogP contribution is 2.43. The summed E-state index contributed by atoms with van der Waals surface area (Å²) in [5, 5.41) is 46.3. The van der Waals surface area contributed by atoms with Crippen LogP contribution < -0.4 is 0 Å². The van der Waals surface area contributed by atoms with Crippen LogP contribution in [0, 0.1) is 0 Å². The Hall–Kier alpha value is -0.620. The molecule has 11 nitrogen and oxygen atoms in total. The van der Waals surface area contributed by atoms with Crippen LogP contribution in [0.2, 0.25) is 0 Å². The zero-order chi connectivity index (χ0) is 15.7. The van der Waals surface area contributed by atoms with Gasteiger partial charge in [0.05, 0.1) is 12.7 Å². The first kappa shape index (κ1) is 17.4. The number of rotatable bonds is 5. The van der Waals surface area contributed by atoms with Crippen LogP contribution in [-0.4, -0.2) is 78.1 Å². The number of hydrogen-bond acceptors (Lipinski definition) is 8. The number of carboxylic acids is 1. The van der Waals surface area contributed by atoms with Gasteiger partial charge in [-0.25, -0.2) is 9.36 Å². The van der Waals surface area contributed by atoms with E-state index in [1.165, 1.54) is 0 Å². The maximum absolute atomic E-state index is 10.8. The summed E-state index contributed by atoms with van der Waals surface area (Å²) in [5.41, 5.74) is 0. The molecule has 0 aromatic rings. The Morgan fingerprint density at radius 3 is 2.45 bits per heavy atom. The van der Waals surface area contributed by atoms with Gasteiger partial charge in [-0.1, -0.05) is 0 Å². The zero-order valence-corrected chi connectivity index (χ0v) is 10.8. The van der Waals surface area contributed by atoms with Crippen LogP contribution in [0.5, 0.6) is 0 Å². The third kappa shape index (κ3) is 3.95. The quantitative estimate of drug-likeness (QED) is 0.251. The molecular weight excluding hydrogens is 303 g/mol. The fourth-order valence-electron chi connectivity index (χ4n) is 1.79. The molecule has 118 valence electrons. The van der Waals surface area contributed by atoms with Gasteiger partial charge in [-0.15, -0.1) is 0 Å². The van der Waals surface area contributed by atoms with Crippen molar-refractivity contribution in [3.63, 3.8) is 0 Å². The van der Waals surface area contributed by atoms with Crippen LogP contribution in [0.15, 0.2) is 0 Å². The van der Waals surface area contributed by atoms with E-state index < -0.39 is 57.0 Å². The van der Waals surface area contributed by atoms with Crippen LogP contribution in [0.1, 0.15) is 6.42 Å². The topological polar surface area (TPSA) is 194 Å². The fourth-order valence-corrected chi connectivity index (χ4v) is 2.36. The summed E-state index contributed by atoms with van der Waals surface area (Å²) in [6, 6.07) is 0. The second kappa shape index (κ2) is 6.02. The highest BCUT2D eigenvalue weighted by molar-refractivity contribution is 7.46. The van der Waals surface area contributed by atoms with E-state index in [-0.39, 0.29) is 0 Å². The molecule has 0 aromatic carbocycles. The van der Waals surface area contributed by atoms with Gasteiger partial charge in [-0.05, 0) is 0 Å². The molecule has 5 atom stereocenters. The predicted molar refractivity (Wildman–Crippen MR) is 58.1 cm³/mol. The number of phosphoric ester groups is 1. The van der Waals surface area contributed by atoms with Crippen LogP contribution in [0.4, 0.5) is 0 Å². The first-order valence-electron chi connectivity index (χ1n) is 5.34. The predicted octanol–water partition coefficient (Wildman–Crippen LogP) is -3.26. The lowest BCUT2D eigenvalue weighted by Crippen LogP contribution is -2.62. The molecule has 1 saturated heterocycles. The van der Waals surface area contributed by atoms with Crippen molar-refractivity contribution in [2.75, 3.05) is 6.61 Å². The second-order valence-corrected chi connectivity index (χ2v) is 5.45. The van der Waals surface area contributed by atoms with Crippen molar-refractivity contribution in [3.8, 4) is 0 Å². The number of aliphatic carboxylic acids is 1. The third-order valence-corrected chi connectivity index (χ3v) is 3.20. The molecule has 0 aromatic heterocycles. The van der Waals surface area contributed by atoms with Crippen molar-refractivity contribution in [1.82, 2.24) is 0 Å². The number of phosphoric acid groups is 1. The lowest BCUT2D eigenvalue weighted by atomic mass is 9.93. The normalized spacial score (nSPS) is 36.6. The van der Waals surface area contributed by atoms with E-state index in [0.717, 1.165) is 0 Å². The van der Waals surface area contributed by atoms with E-state index in [9.17, 15) is 24.7 Å². The Kier molecular flexibility index (Phi) is 5.24. The molecule has 1 fully saturated rings. The van der Waals surface area contributed by atoms with Crippen molar-refractivity contribution >= 4 is 13.8 Å². The molecule has 0 unspecified atom stereocenters. The van der Waals surface area contributed by atoms with E-state index in [0.29, 0.717) is 0 Å². The summed E-state index contributed by atoms with van der Waals surface area (Å²) in [6.07, 6.45) is -8.34. The van der Waals surface area contributed by atoms with E-state index in [2.05, 4.69) is 9.26 Å². The molecule has 0 amide bonds. The Bertz CT molecular complexity index is 407. The Labute approximate surface area is 112 Å². The van der Waals surface area contributed by atoms with E-state index >= 15 is 0 Å². The van der Waals surface area contributed by atoms with Gasteiger partial charge >= 0.3 is 13.8 Å². The molecule has 1 rings (SSSR count). The zero-order valence-electron chi connectivity index (χ0n) is 9.93. The smallest absolute Gasteiger partial charge is 0.470 e. The molecule has 20 heavy (non-hydrogen) atoms. The Morgan fingerprint density at radius 1 is 1.50 bits per heavy atom. The molecule has 0 radical (unpaired) electrons. The van der Waals surface area contributed by atoms with E-state index in [1.54, 1.807) is 0 Å². The molecular formula is C8H15O11P. The van der Waals surface area contributed by atoms with Gasteiger partial charge in [0.15, 0.2) is 0 Å². The third-order valence-electron chi connectivity index (χ3n) is 2.68. The number of carboxylic acid groups (broad SMARTS) is 1. The van der Waals surface area contributed by atoms with Gasteiger partial charge in [0.2, 0.25) is 0 Å². The summed E-state index contributed by atoms with van der Waals surface area (Å²) in [4.78, 5) is 28.2. The molecule has 1 aliphatic heterocycles. The van der Waals surface area contributed by atoms with Crippen LogP contribution in [0.3, 0.4) is 0 Å². The first-order chi connectivity index (χ1) is 9.00. The molecule has 7 N–H and O–H groups in total. The Morgan fingerprint density at radius 2 is 2.05 bits per heavy atom. The molecule has 1 aliphatic rings. The summed E-state index contributed by atoms with van der Waals surface area (Å²) < 4.78 is 19.6. The average molecular weight is 318 g/mol. The first-order valence-corrected chi connectivity index (χ1v) is 6.87. The highest BCUT2D eigenvalue weighted by Gasteiger charge is 2.54. The van der Waals surface area contributed by atoms with E-state index in [1.807, 2.05) is 0 Å². The fraction of sp³-hybridized carbons (Fsp3) is 0.875. The van der Waals surface area contributed by atoms with Gasteiger partial charge in [-0.3, -0.25) is 4.52 Å². The van der Waals surface area contributed by atoms with Crippen molar-refractivity contribution in [2.45, 2.75) is 36.6 Å². The molecule has 0 spiro atoms. The monoisotopic (exact) mass is 318 g/mol. The molecule has 12 heteroatoms. The van der Waals surface area contributed by atoms with Crippen molar-refractivity contribution < 1.29 is 53.9 Å². The minimum Gasteiger partial charge on any atom is -0.477 e. The number of hydrogen-bond donors (Lipinski definition) is 7. The van der Waals surface area contributed by atoms with Crippen LogP contribution in [-0.2, 0) is 18.6 Å². The number of carbonyl (C=O) groups is 1. The number of aliphatic hydroxyl groups excluding tert-OH is 3. The highest BCUT2D eigenvalue weighted by atomic mass is 31.2. The Balaban J connectivity index is 3.05. The summed E-state index contributed by atoms with van der Waals surface area (Å²) in [7, 11) is -5.09. The van der Waals surface area contributed by atoms with Crippen LogP contribution >= 0.6 is 7.82 Å². The summed E-state index contributed by atoms with van der Waals surface area (Å²) in [6.45, 7) is -0.978. The van der Waals surface area contributed by atoms with Crippen molar-refractivity contribution in [3.05, 3.63) is 0 Å². The number of ether oxygens (including phenoxy) is 1. The van der Waals surface area contributed by atoms with Gasteiger partial charge in [0.25, 0.3) is 5.79 Å². The number of aliphatic hydroxyl groups is 4. The molecule has 1 heterocycles. The minimum absolute atomic E-state index is 0.943. The van der Waals surface area contributed by atoms with Gasteiger partial charge < -0.3 is 40.1 Å². The standard InChI is InChI=1S/C8H15O11P/c9-2-4(11)5-6(19-20(15,16)17)3(10)1-8(14,18-5)7(12)13/h3-6,9-11,14H,1-2H2,(H,12,13)(H2,15,16,17)/t3-,4-,5-,6-,8-/m1/s1. The summed E-state index contributed by atoms with van der Waals surface area (Å²) in [5.74, 6) is -4.75. The maximum Gasteiger partial charge on any atom is 0.470 e. The molecule has 0 aliphatic carbocycles. The minimum atomic E-state index is -5.09. The molecule has 0 saturated carbocycles. The SMILES string of the molecule is O=C(O)[C@@]1(O)C[C@@H](O)[C@@H](OP(=O)(O)O)[C@@H]([C@H](O)CO)O1.